The van der Waals surface area contributed by atoms with Gasteiger partial charge >= 0.3 is 5.97 Å². The lowest BCUT2D eigenvalue weighted by atomic mass is 10.0. The summed E-state index contributed by atoms with van der Waals surface area (Å²) in [4.78, 5) is 43.0. The van der Waals surface area contributed by atoms with Crippen molar-refractivity contribution in [1.29, 1.82) is 0 Å². The van der Waals surface area contributed by atoms with E-state index in [-0.39, 0.29) is 12.3 Å². The number of unbranched alkanes of at least 4 members (excludes halogenated alkanes) is 1. The number of H-pyrrole nitrogens is 1. The number of carboxylic acids is 1. The Kier molecular flexibility index (Phi) is 9.45. The van der Waals surface area contributed by atoms with Gasteiger partial charge in [0.15, 0.2) is 0 Å². The van der Waals surface area contributed by atoms with Crippen molar-refractivity contribution in [3.05, 3.63) is 18.2 Å². The normalized spacial score (nSPS) is 14.4. The molecule has 0 aromatic carbocycles. The summed E-state index contributed by atoms with van der Waals surface area (Å²) in [6.45, 7) is 3.86. The molecular formula is C17H30N6O4. The van der Waals surface area contributed by atoms with E-state index in [4.69, 9.17) is 11.5 Å². The van der Waals surface area contributed by atoms with Crippen molar-refractivity contribution >= 4 is 17.8 Å². The first kappa shape index (κ1) is 22.6. The first-order valence-electron chi connectivity index (χ1n) is 9.02. The van der Waals surface area contributed by atoms with Crippen molar-refractivity contribution < 1.29 is 19.5 Å². The van der Waals surface area contributed by atoms with Crippen molar-refractivity contribution in [2.24, 2.45) is 17.4 Å². The fourth-order valence-corrected chi connectivity index (χ4v) is 2.53. The zero-order valence-corrected chi connectivity index (χ0v) is 15.8. The van der Waals surface area contributed by atoms with Gasteiger partial charge in [0.1, 0.15) is 12.1 Å². The van der Waals surface area contributed by atoms with Crippen molar-refractivity contribution in [2.45, 2.75) is 57.7 Å². The van der Waals surface area contributed by atoms with Crippen molar-refractivity contribution in [3.63, 3.8) is 0 Å². The second kappa shape index (κ2) is 11.3. The van der Waals surface area contributed by atoms with Crippen LogP contribution < -0.4 is 22.1 Å². The lowest BCUT2D eigenvalue weighted by Crippen LogP contribution is -2.55. The van der Waals surface area contributed by atoms with E-state index in [1.54, 1.807) is 20.0 Å². The van der Waals surface area contributed by atoms with Crippen LogP contribution in [0.3, 0.4) is 0 Å². The van der Waals surface area contributed by atoms with Crippen molar-refractivity contribution in [2.75, 3.05) is 6.54 Å². The number of aliphatic carboxylic acids is 1. The summed E-state index contributed by atoms with van der Waals surface area (Å²) in [6.07, 6.45) is 4.94. The van der Waals surface area contributed by atoms with Crippen LogP contribution >= 0.6 is 0 Å². The maximum atomic E-state index is 12.6. The summed E-state index contributed by atoms with van der Waals surface area (Å²) in [5.74, 6) is -2.46. The minimum absolute atomic E-state index is 0.243. The maximum Gasteiger partial charge on any atom is 0.326 e. The van der Waals surface area contributed by atoms with Gasteiger partial charge in [0.25, 0.3) is 0 Å². The molecule has 1 rings (SSSR count). The predicted molar refractivity (Wildman–Crippen MR) is 99.5 cm³/mol. The monoisotopic (exact) mass is 382 g/mol. The second-order valence-corrected chi connectivity index (χ2v) is 6.80. The number of imidazole rings is 1. The van der Waals surface area contributed by atoms with Crippen molar-refractivity contribution in [3.8, 4) is 0 Å². The number of carbonyl (C=O) groups is 3. The molecule has 0 radical (unpaired) electrons. The van der Waals surface area contributed by atoms with E-state index in [2.05, 4.69) is 20.6 Å². The third-order valence-corrected chi connectivity index (χ3v) is 4.14. The topological polar surface area (TPSA) is 176 Å². The number of aromatic nitrogens is 2. The maximum absolute atomic E-state index is 12.6. The molecule has 27 heavy (non-hydrogen) atoms. The van der Waals surface area contributed by atoms with Crippen LogP contribution in [0.15, 0.2) is 12.5 Å². The van der Waals surface area contributed by atoms with Gasteiger partial charge < -0.3 is 32.2 Å². The lowest BCUT2D eigenvalue weighted by molar-refractivity contribution is -0.143. The van der Waals surface area contributed by atoms with Crippen molar-refractivity contribution in [1.82, 2.24) is 20.6 Å². The fraction of sp³-hybridized carbons (Fsp3) is 0.647. The first-order chi connectivity index (χ1) is 12.8. The number of amides is 2. The molecule has 0 saturated carbocycles. The summed E-state index contributed by atoms with van der Waals surface area (Å²) >= 11 is 0. The molecule has 0 spiro atoms. The molecule has 1 aromatic rings. The molecule has 1 aromatic heterocycles. The molecule has 0 saturated heterocycles. The van der Waals surface area contributed by atoms with Gasteiger partial charge in [-0.1, -0.05) is 13.8 Å². The molecule has 0 aliphatic carbocycles. The van der Waals surface area contributed by atoms with E-state index in [0.29, 0.717) is 31.5 Å². The Bertz CT molecular complexity index is 605. The van der Waals surface area contributed by atoms with Crippen LogP contribution in [0.2, 0.25) is 0 Å². The van der Waals surface area contributed by atoms with Gasteiger partial charge in [-0.15, -0.1) is 0 Å². The standard InChI is InChI=1S/C17H30N6O4/c1-10(2)14(17(26)27)23-16(25)13(5-3-4-6-18)22-15(24)12(19)7-11-8-20-9-21-11/h8-10,12-14H,3-7,18-19H2,1-2H3,(H,20,21)(H,22,24)(H,23,25)(H,26,27). The van der Waals surface area contributed by atoms with E-state index >= 15 is 0 Å². The Hall–Kier alpha value is -2.46. The van der Waals surface area contributed by atoms with E-state index in [1.165, 1.54) is 6.33 Å². The average Bonchev–Trinajstić information content (AvgIpc) is 3.10. The minimum Gasteiger partial charge on any atom is -0.480 e. The molecule has 2 amide bonds. The Labute approximate surface area is 158 Å². The van der Waals surface area contributed by atoms with Gasteiger partial charge in [0.05, 0.1) is 12.4 Å². The largest absolute Gasteiger partial charge is 0.480 e. The van der Waals surface area contributed by atoms with Gasteiger partial charge in [-0.3, -0.25) is 9.59 Å². The molecule has 10 heteroatoms. The predicted octanol–water partition coefficient (Wildman–Crippen LogP) is -0.881. The third kappa shape index (κ3) is 7.75. The molecule has 152 valence electrons. The zero-order chi connectivity index (χ0) is 20.4. The number of aromatic amines is 1. The molecule has 0 fully saturated rings. The third-order valence-electron chi connectivity index (χ3n) is 4.14. The highest BCUT2D eigenvalue weighted by molar-refractivity contribution is 5.91. The molecule has 3 unspecified atom stereocenters. The molecular weight excluding hydrogens is 352 g/mol. The highest BCUT2D eigenvalue weighted by Crippen LogP contribution is 2.06. The fourth-order valence-electron chi connectivity index (χ4n) is 2.53. The molecule has 0 aliphatic heterocycles. The number of rotatable bonds is 12. The summed E-state index contributed by atoms with van der Waals surface area (Å²) in [6, 6.07) is -2.78. The van der Waals surface area contributed by atoms with Crippen LogP contribution in [0, 0.1) is 5.92 Å². The molecule has 8 N–H and O–H groups in total. The van der Waals surface area contributed by atoms with Gasteiger partial charge in [-0.2, -0.15) is 0 Å². The number of carboxylic acid groups (broad SMARTS) is 1. The molecule has 3 atom stereocenters. The smallest absolute Gasteiger partial charge is 0.326 e. The van der Waals surface area contributed by atoms with E-state index in [1.807, 2.05) is 0 Å². The molecule has 0 bridgehead atoms. The summed E-state index contributed by atoms with van der Waals surface area (Å²) < 4.78 is 0. The highest BCUT2D eigenvalue weighted by atomic mass is 16.4. The van der Waals surface area contributed by atoms with E-state index in [0.717, 1.165) is 0 Å². The minimum atomic E-state index is -1.12. The summed E-state index contributed by atoms with van der Waals surface area (Å²) in [7, 11) is 0. The second-order valence-electron chi connectivity index (χ2n) is 6.80. The number of hydrogen-bond donors (Lipinski definition) is 6. The quantitative estimate of drug-likeness (QED) is 0.254. The van der Waals surface area contributed by atoms with Gasteiger partial charge in [0.2, 0.25) is 11.8 Å². The van der Waals surface area contributed by atoms with Crippen LogP contribution in [-0.2, 0) is 20.8 Å². The van der Waals surface area contributed by atoms with Gasteiger partial charge in [-0.05, 0) is 31.7 Å². The Morgan fingerprint density at radius 1 is 1.22 bits per heavy atom. The lowest BCUT2D eigenvalue weighted by Gasteiger charge is -2.24. The molecule has 1 heterocycles. The Morgan fingerprint density at radius 3 is 2.44 bits per heavy atom. The van der Waals surface area contributed by atoms with Crippen LogP contribution in [0.4, 0.5) is 0 Å². The SMILES string of the molecule is CC(C)C(NC(=O)C(CCCCN)NC(=O)C(N)Cc1cnc[nH]1)C(=O)O. The van der Waals surface area contributed by atoms with Crippen LogP contribution in [0.5, 0.6) is 0 Å². The number of nitrogens with zero attached hydrogens (tertiary/aromatic N) is 1. The van der Waals surface area contributed by atoms with Gasteiger partial charge in [-0.25, -0.2) is 9.78 Å². The number of carbonyl (C=O) groups excluding carboxylic acids is 2. The van der Waals surface area contributed by atoms with Gasteiger partial charge in [0, 0.05) is 18.3 Å². The summed E-state index contributed by atoms with van der Waals surface area (Å²) in [5, 5.41) is 14.4. The van der Waals surface area contributed by atoms with Crippen LogP contribution in [0.25, 0.3) is 0 Å². The molecule has 10 nitrogen and oxygen atoms in total. The highest BCUT2D eigenvalue weighted by Gasteiger charge is 2.29. The number of nitrogens with two attached hydrogens (primary N) is 2. The van der Waals surface area contributed by atoms with Crippen LogP contribution in [0.1, 0.15) is 38.8 Å². The Morgan fingerprint density at radius 2 is 1.93 bits per heavy atom. The Balaban J connectivity index is 2.74. The number of hydrogen-bond acceptors (Lipinski definition) is 6. The average molecular weight is 382 g/mol. The van der Waals surface area contributed by atoms with Crippen LogP contribution in [-0.4, -0.2) is 57.5 Å². The number of nitrogens with one attached hydrogen (secondary N) is 3. The van der Waals surface area contributed by atoms with E-state index in [9.17, 15) is 19.5 Å². The first-order valence-corrected chi connectivity index (χ1v) is 9.02. The molecule has 0 aliphatic rings. The van der Waals surface area contributed by atoms with E-state index < -0.39 is 35.9 Å². The summed E-state index contributed by atoms with van der Waals surface area (Å²) in [5.41, 5.74) is 12.1. The zero-order valence-electron chi connectivity index (χ0n) is 15.8.